The van der Waals surface area contributed by atoms with Crippen molar-refractivity contribution in [2.45, 2.75) is 19.3 Å². The summed E-state index contributed by atoms with van der Waals surface area (Å²) in [5.41, 5.74) is 3.21. The third-order valence-corrected chi connectivity index (χ3v) is 5.49. The molecule has 5 heteroatoms. The van der Waals surface area contributed by atoms with Crippen LogP contribution in [0.3, 0.4) is 0 Å². The van der Waals surface area contributed by atoms with Crippen molar-refractivity contribution in [1.82, 2.24) is 4.90 Å². The lowest BCUT2D eigenvalue weighted by molar-refractivity contribution is 0.183. The van der Waals surface area contributed by atoms with E-state index in [4.69, 9.17) is 9.15 Å². The van der Waals surface area contributed by atoms with Gasteiger partial charge in [0, 0.05) is 37.8 Å². The highest BCUT2D eigenvalue weighted by Gasteiger charge is 2.10. The van der Waals surface area contributed by atoms with Crippen molar-refractivity contribution < 1.29 is 9.15 Å². The van der Waals surface area contributed by atoms with E-state index < -0.39 is 0 Å². The molecule has 1 saturated heterocycles. The highest BCUT2D eigenvalue weighted by Crippen LogP contribution is 2.26. The first-order chi connectivity index (χ1) is 14.2. The summed E-state index contributed by atoms with van der Waals surface area (Å²) in [5, 5.41) is 1.09. The molecule has 2 aromatic carbocycles. The summed E-state index contributed by atoms with van der Waals surface area (Å²) in [6, 6.07) is 16.6. The molecule has 1 aliphatic heterocycles. The van der Waals surface area contributed by atoms with Gasteiger partial charge in [0.1, 0.15) is 23.7 Å². The highest BCUT2D eigenvalue weighted by molar-refractivity contribution is 5.85. The summed E-state index contributed by atoms with van der Waals surface area (Å²) in [6.07, 6.45) is 8.09. The van der Waals surface area contributed by atoms with Crippen LogP contribution in [0.15, 0.2) is 52.9 Å². The van der Waals surface area contributed by atoms with Crippen LogP contribution in [0.25, 0.3) is 23.1 Å². The van der Waals surface area contributed by atoms with Gasteiger partial charge in [-0.1, -0.05) is 24.6 Å². The van der Waals surface area contributed by atoms with Crippen LogP contribution in [0, 0.1) is 0 Å². The molecule has 0 radical (unpaired) electrons. The number of furan rings is 1. The topological polar surface area (TPSA) is 28.9 Å². The second-order valence-corrected chi connectivity index (χ2v) is 7.92. The molecule has 1 aromatic heterocycles. The molecular weight excluding hydrogens is 396 g/mol. The Kier molecular flexibility index (Phi) is 7.83. The van der Waals surface area contributed by atoms with Crippen molar-refractivity contribution in [2.24, 2.45) is 0 Å². The molecule has 1 aliphatic rings. The van der Waals surface area contributed by atoms with Gasteiger partial charge in [0.05, 0.1) is 0 Å². The maximum atomic E-state index is 6.00. The summed E-state index contributed by atoms with van der Waals surface area (Å²) >= 11 is 0. The summed E-state index contributed by atoms with van der Waals surface area (Å²) in [5.74, 6) is 1.72. The number of likely N-dealkylation sites (tertiary alicyclic amines) is 1. The molecule has 160 valence electrons. The van der Waals surface area contributed by atoms with Crippen LogP contribution in [0.5, 0.6) is 5.75 Å². The second kappa shape index (κ2) is 10.6. The molecule has 0 atom stereocenters. The lowest BCUT2D eigenvalue weighted by Crippen LogP contribution is -2.33. The number of ether oxygens (including phenoxy) is 1. The lowest BCUT2D eigenvalue weighted by atomic mass is 10.1. The lowest BCUT2D eigenvalue weighted by Gasteiger charge is -2.26. The maximum Gasteiger partial charge on any atom is 0.138 e. The molecule has 1 fully saturated rings. The Morgan fingerprint density at radius 3 is 2.47 bits per heavy atom. The fourth-order valence-electron chi connectivity index (χ4n) is 3.74. The van der Waals surface area contributed by atoms with E-state index in [-0.39, 0.29) is 12.4 Å². The third-order valence-electron chi connectivity index (χ3n) is 5.49. The van der Waals surface area contributed by atoms with Gasteiger partial charge in [-0.15, -0.1) is 12.4 Å². The Morgan fingerprint density at radius 2 is 1.73 bits per heavy atom. The van der Waals surface area contributed by atoms with Gasteiger partial charge >= 0.3 is 0 Å². The van der Waals surface area contributed by atoms with Gasteiger partial charge in [-0.2, -0.15) is 0 Å². The first-order valence-corrected chi connectivity index (χ1v) is 10.5. The summed E-state index contributed by atoms with van der Waals surface area (Å²) in [6.45, 7) is 4.13. The average Bonchev–Trinajstić information content (AvgIpc) is 3.15. The average molecular weight is 427 g/mol. The van der Waals surface area contributed by atoms with Crippen LogP contribution in [-0.2, 0) is 0 Å². The van der Waals surface area contributed by atoms with Crippen LogP contribution in [0.1, 0.15) is 30.6 Å². The number of hydrogen-bond donors (Lipinski definition) is 0. The van der Waals surface area contributed by atoms with Crippen molar-refractivity contribution in [1.29, 1.82) is 0 Å². The molecule has 0 aliphatic carbocycles. The van der Waals surface area contributed by atoms with Gasteiger partial charge in [-0.05, 0) is 67.9 Å². The first-order valence-electron chi connectivity index (χ1n) is 10.5. The van der Waals surface area contributed by atoms with Gasteiger partial charge in [0.2, 0.25) is 0 Å². The van der Waals surface area contributed by atoms with E-state index in [9.17, 15) is 0 Å². The van der Waals surface area contributed by atoms with E-state index in [1.807, 2.05) is 32.3 Å². The van der Waals surface area contributed by atoms with Crippen molar-refractivity contribution >= 4 is 41.2 Å². The molecule has 0 N–H and O–H groups in total. The molecule has 30 heavy (non-hydrogen) atoms. The van der Waals surface area contributed by atoms with Crippen molar-refractivity contribution in [3.8, 4) is 5.75 Å². The van der Waals surface area contributed by atoms with Crippen molar-refractivity contribution in [3.63, 3.8) is 0 Å². The minimum absolute atomic E-state index is 0. The zero-order valence-electron chi connectivity index (χ0n) is 17.8. The summed E-state index contributed by atoms with van der Waals surface area (Å²) in [4.78, 5) is 4.59. The summed E-state index contributed by atoms with van der Waals surface area (Å²) < 4.78 is 12.0. The predicted octanol–water partition coefficient (Wildman–Crippen LogP) is 5.96. The van der Waals surface area contributed by atoms with Crippen LogP contribution >= 0.6 is 12.4 Å². The first kappa shape index (κ1) is 22.3. The number of piperidine rings is 1. The molecule has 0 amide bonds. The Morgan fingerprint density at radius 1 is 0.967 bits per heavy atom. The molecule has 0 bridgehead atoms. The smallest absolute Gasteiger partial charge is 0.138 e. The fraction of sp³-hybridized carbons (Fsp3) is 0.360. The maximum absolute atomic E-state index is 6.00. The van der Waals surface area contributed by atoms with E-state index in [1.54, 1.807) is 0 Å². The number of halogens is 1. The van der Waals surface area contributed by atoms with Crippen molar-refractivity contribution in [3.05, 3.63) is 59.9 Å². The fourth-order valence-corrected chi connectivity index (χ4v) is 3.74. The zero-order chi connectivity index (χ0) is 20.1. The normalized spacial score (nSPS) is 14.7. The molecule has 0 spiro atoms. The van der Waals surface area contributed by atoms with E-state index in [1.165, 1.54) is 38.0 Å². The third kappa shape index (κ3) is 5.80. The Labute approximate surface area is 185 Å². The Bertz CT molecular complexity index is 957. The van der Waals surface area contributed by atoms with Crippen LogP contribution in [0.4, 0.5) is 5.69 Å². The van der Waals surface area contributed by atoms with Gasteiger partial charge < -0.3 is 14.1 Å². The van der Waals surface area contributed by atoms with Gasteiger partial charge in [-0.3, -0.25) is 4.90 Å². The second-order valence-electron chi connectivity index (χ2n) is 7.92. The minimum Gasteiger partial charge on any atom is -0.492 e. The number of nitrogens with zero attached hydrogens (tertiary/aromatic N) is 2. The number of rotatable bonds is 7. The number of benzene rings is 2. The monoisotopic (exact) mass is 426 g/mol. The van der Waals surface area contributed by atoms with E-state index in [0.29, 0.717) is 0 Å². The molecular formula is C25H31ClN2O2. The van der Waals surface area contributed by atoms with E-state index >= 15 is 0 Å². The van der Waals surface area contributed by atoms with Gasteiger partial charge in [0.15, 0.2) is 0 Å². The molecule has 0 unspecified atom stereocenters. The van der Waals surface area contributed by atoms with E-state index in [2.05, 4.69) is 52.3 Å². The Balaban J connectivity index is 0.00000256. The number of anilines is 1. The number of hydrogen-bond acceptors (Lipinski definition) is 4. The molecule has 0 saturated carbocycles. The minimum atomic E-state index is 0. The van der Waals surface area contributed by atoms with Crippen LogP contribution in [-0.4, -0.2) is 45.2 Å². The quantitative estimate of drug-likeness (QED) is 0.466. The molecule has 4 nitrogen and oxygen atoms in total. The van der Waals surface area contributed by atoms with Crippen LogP contribution < -0.4 is 9.64 Å². The largest absolute Gasteiger partial charge is 0.492 e. The highest BCUT2D eigenvalue weighted by atomic mass is 35.5. The van der Waals surface area contributed by atoms with Crippen LogP contribution in [0.2, 0.25) is 0 Å². The standard InChI is InChI=1S/C25H30N2O2.ClH/c1-26(2)22-10-6-20(7-11-22)8-12-24-18-21-9-13-23(19-25(21)29-24)28-17-16-27-14-4-3-5-15-27;/h6-13,18-19H,3-5,14-17H2,1-2H3;1H/b12-8+;. The predicted molar refractivity (Wildman–Crippen MR) is 129 cm³/mol. The molecule has 3 aromatic rings. The SMILES string of the molecule is CN(C)c1ccc(/C=C/c2cc3ccc(OCCN4CCCCC4)cc3o2)cc1.Cl. The summed E-state index contributed by atoms with van der Waals surface area (Å²) in [7, 11) is 4.09. The van der Waals surface area contributed by atoms with Gasteiger partial charge in [0.25, 0.3) is 0 Å². The zero-order valence-corrected chi connectivity index (χ0v) is 18.7. The number of fused-ring (bicyclic) bond motifs is 1. The van der Waals surface area contributed by atoms with Crippen molar-refractivity contribution in [2.75, 3.05) is 45.2 Å². The Hall–Kier alpha value is -2.43. The molecule has 2 heterocycles. The molecule has 4 rings (SSSR count). The van der Waals surface area contributed by atoms with Gasteiger partial charge in [-0.25, -0.2) is 0 Å². The van der Waals surface area contributed by atoms with E-state index in [0.717, 1.165) is 41.2 Å².